The van der Waals surface area contributed by atoms with Gasteiger partial charge in [0.15, 0.2) is 0 Å². The largest absolute Gasteiger partial charge is 0.410 e. The SMILES string of the molecule is CC(n1nnc(CC#N)c1C1CC1)C(F)(F)F. The number of aromatic nitrogens is 3. The fraction of sp³-hybridized carbons (Fsp3) is 0.700. The summed E-state index contributed by atoms with van der Waals surface area (Å²) in [5.74, 6) is 0.0816. The predicted molar refractivity (Wildman–Crippen MR) is 52.1 cm³/mol. The number of nitriles is 1. The molecule has 1 unspecified atom stereocenters. The van der Waals surface area contributed by atoms with Crippen LogP contribution in [-0.4, -0.2) is 21.2 Å². The molecular weight excluding hydrogens is 233 g/mol. The summed E-state index contributed by atoms with van der Waals surface area (Å²) in [4.78, 5) is 0. The van der Waals surface area contributed by atoms with E-state index in [1.54, 1.807) is 0 Å². The highest BCUT2D eigenvalue weighted by atomic mass is 19.4. The number of nitrogens with zero attached hydrogens (tertiary/aromatic N) is 4. The van der Waals surface area contributed by atoms with Crippen LogP contribution in [-0.2, 0) is 6.42 Å². The van der Waals surface area contributed by atoms with Gasteiger partial charge in [0.2, 0.25) is 0 Å². The molecule has 0 saturated heterocycles. The van der Waals surface area contributed by atoms with Gasteiger partial charge >= 0.3 is 6.18 Å². The summed E-state index contributed by atoms with van der Waals surface area (Å²) in [7, 11) is 0. The van der Waals surface area contributed by atoms with E-state index in [1.807, 2.05) is 6.07 Å². The molecule has 1 atom stereocenters. The van der Waals surface area contributed by atoms with Crippen molar-refractivity contribution in [1.82, 2.24) is 15.0 Å². The van der Waals surface area contributed by atoms with E-state index < -0.39 is 12.2 Å². The molecule has 92 valence electrons. The minimum absolute atomic E-state index is 0.0103. The van der Waals surface area contributed by atoms with Gasteiger partial charge in [0.05, 0.1) is 18.2 Å². The lowest BCUT2D eigenvalue weighted by atomic mass is 10.1. The third kappa shape index (κ3) is 2.25. The molecule has 1 aromatic heterocycles. The molecule has 0 spiro atoms. The monoisotopic (exact) mass is 244 g/mol. The molecule has 1 aliphatic rings. The molecule has 0 amide bonds. The number of rotatable bonds is 3. The van der Waals surface area contributed by atoms with Gasteiger partial charge in [-0.15, -0.1) is 5.10 Å². The Labute approximate surface area is 96.0 Å². The van der Waals surface area contributed by atoms with Crippen LogP contribution in [0.15, 0.2) is 0 Å². The zero-order valence-electron chi connectivity index (χ0n) is 9.20. The van der Waals surface area contributed by atoms with E-state index in [9.17, 15) is 13.2 Å². The Kier molecular flexibility index (Phi) is 2.81. The second-order valence-electron chi connectivity index (χ2n) is 4.19. The Morgan fingerprint density at radius 3 is 2.65 bits per heavy atom. The lowest BCUT2D eigenvalue weighted by molar-refractivity contribution is -0.166. The molecule has 1 saturated carbocycles. The van der Waals surface area contributed by atoms with Gasteiger partial charge < -0.3 is 0 Å². The van der Waals surface area contributed by atoms with E-state index in [2.05, 4.69) is 10.3 Å². The molecular formula is C10H11F3N4. The van der Waals surface area contributed by atoms with E-state index in [4.69, 9.17) is 5.26 Å². The van der Waals surface area contributed by atoms with Gasteiger partial charge in [-0.25, -0.2) is 4.68 Å². The average Bonchev–Trinajstić information content (AvgIpc) is 2.99. The summed E-state index contributed by atoms with van der Waals surface area (Å²) in [6.45, 7) is 1.05. The maximum Gasteiger partial charge on any atom is 0.410 e. The first-order valence-corrected chi connectivity index (χ1v) is 5.32. The molecule has 0 aliphatic heterocycles. The van der Waals surface area contributed by atoms with Crippen LogP contribution in [0.25, 0.3) is 0 Å². The lowest BCUT2D eigenvalue weighted by Crippen LogP contribution is -2.26. The second-order valence-corrected chi connectivity index (χ2v) is 4.19. The Balaban J connectivity index is 2.37. The molecule has 1 heterocycles. The van der Waals surface area contributed by atoms with Crippen molar-refractivity contribution in [2.24, 2.45) is 0 Å². The van der Waals surface area contributed by atoms with Crippen molar-refractivity contribution < 1.29 is 13.2 Å². The summed E-state index contributed by atoms with van der Waals surface area (Å²) >= 11 is 0. The minimum atomic E-state index is -4.35. The van der Waals surface area contributed by atoms with Gasteiger partial charge in [0, 0.05) is 5.92 Å². The lowest BCUT2D eigenvalue weighted by Gasteiger charge is -2.17. The van der Waals surface area contributed by atoms with E-state index in [-0.39, 0.29) is 12.3 Å². The van der Waals surface area contributed by atoms with E-state index >= 15 is 0 Å². The zero-order valence-corrected chi connectivity index (χ0v) is 9.20. The van der Waals surface area contributed by atoms with Crippen molar-refractivity contribution in [2.45, 2.75) is 44.3 Å². The van der Waals surface area contributed by atoms with Crippen LogP contribution < -0.4 is 0 Å². The van der Waals surface area contributed by atoms with Gasteiger partial charge in [0.25, 0.3) is 0 Å². The van der Waals surface area contributed by atoms with Crippen molar-refractivity contribution in [3.05, 3.63) is 11.4 Å². The average molecular weight is 244 g/mol. The van der Waals surface area contributed by atoms with Crippen LogP contribution >= 0.6 is 0 Å². The summed E-state index contributed by atoms with van der Waals surface area (Å²) < 4.78 is 38.8. The molecule has 1 aliphatic carbocycles. The molecule has 7 heteroatoms. The Bertz CT molecular complexity index is 453. The van der Waals surface area contributed by atoms with Crippen LogP contribution in [0.5, 0.6) is 0 Å². The highest BCUT2D eigenvalue weighted by Gasteiger charge is 2.42. The van der Waals surface area contributed by atoms with Crippen LogP contribution in [0.4, 0.5) is 13.2 Å². The number of alkyl halides is 3. The van der Waals surface area contributed by atoms with Crippen LogP contribution in [0.1, 0.15) is 43.1 Å². The van der Waals surface area contributed by atoms with Crippen molar-refractivity contribution in [2.75, 3.05) is 0 Å². The Morgan fingerprint density at radius 1 is 1.53 bits per heavy atom. The maximum atomic E-state index is 12.6. The third-order valence-corrected chi connectivity index (χ3v) is 2.86. The van der Waals surface area contributed by atoms with Gasteiger partial charge in [-0.05, 0) is 19.8 Å². The molecule has 1 fully saturated rings. The maximum absolute atomic E-state index is 12.6. The predicted octanol–water partition coefficient (Wildman–Crippen LogP) is 2.34. The quantitative estimate of drug-likeness (QED) is 0.820. The van der Waals surface area contributed by atoms with E-state index in [0.29, 0.717) is 11.4 Å². The molecule has 0 radical (unpaired) electrons. The van der Waals surface area contributed by atoms with Gasteiger partial charge in [-0.1, -0.05) is 5.21 Å². The van der Waals surface area contributed by atoms with Crippen molar-refractivity contribution >= 4 is 0 Å². The molecule has 4 nitrogen and oxygen atoms in total. The second kappa shape index (κ2) is 4.02. The first kappa shape index (κ1) is 11.9. The van der Waals surface area contributed by atoms with E-state index in [1.165, 1.54) is 0 Å². The molecule has 1 aromatic rings. The van der Waals surface area contributed by atoms with Crippen molar-refractivity contribution in [3.63, 3.8) is 0 Å². The normalized spacial score (nSPS) is 17.8. The third-order valence-electron chi connectivity index (χ3n) is 2.86. The molecule has 0 N–H and O–H groups in total. The number of halogens is 3. The zero-order chi connectivity index (χ0) is 12.6. The van der Waals surface area contributed by atoms with Gasteiger partial charge in [-0.3, -0.25) is 0 Å². The Hall–Kier alpha value is -1.58. The van der Waals surface area contributed by atoms with Gasteiger partial charge in [0.1, 0.15) is 11.7 Å². The topological polar surface area (TPSA) is 54.5 Å². The highest BCUT2D eigenvalue weighted by Crippen LogP contribution is 2.43. The first-order valence-electron chi connectivity index (χ1n) is 5.32. The Morgan fingerprint density at radius 2 is 2.18 bits per heavy atom. The fourth-order valence-electron chi connectivity index (χ4n) is 1.74. The van der Waals surface area contributed by atoms with Crippen LogP contribution in [0.2, 0.25) is 0 Å². The number of hydrogen-bond donors (Lipinski definition) is 0. The highest BCUT2D eigenvalue weighted by molar-refractivity contribution is 5.23. The number of hydrogen-bond acceptors (Lipinski definition) is 3. The summed E-state index contributed by atoms with van der Waals surface area (Å²) in [6.07, 6.45) is -2.65. The molecule has 0 aromatic carbocycles. The summed E-state index contributed by atoms with van der Waals surface area (Å²) in [6, 6.07) is 0.205. The fourth-order valence-corrected chi connectivity index (χ4v) is 1.74. The van der Waals surface area contributed by atoms with Crippen LogP contribution in [0, 0.1) is 11.3 Å². The first-order chi connectivity index (χ1) is 7.95. The summed E-state index contributed by atoms with van der Waals surface area (Å²) in [5, 5.41) is 15.9. The van der Waals surface area contributed by atoms with Crippen LogP contribution in [0.3, 0.4) is 0 Å². The van der Waals surface area contributed by atoms with Crippen molar-refractivity contribution in [3.8, 4) is 6.07 Å². The van der Waals surface area contributed by atoms with Crippen molar-refractivity contribution in [1.29, 1.82) is 5.26 Å². The molecule has 17 heavy (non-hydrogen) atoms. The molecule has 2 rings (SSSR count). The smallest absolute Gasteiger partial charge is 0.237 e. The summed E-state index contributed by atoms with van der Waals surface area (Å²) in [5.41, 5.74) is 0.863. The standard InChI is InChI=1S/C10H11F3N4/c1-6(10(11,12)13)17-9(7-2-3-7)8(4-5-14)15-16-17/h6-7H,2-4H2,1H3. The molecule has 0 bridgehead atoms. The van der Waals surface area contributed by atoms with E-state index in [0.717, 1.165) is 24.4 Å². The van der Waals surface area contributed by atoms with Gasteiger partial charge in [-0.2, -0.15) is 18.4 Å². The minimum Gasteiger partial charge on any atom is -0.237 e.